The summed E-state index contributed by atoms with van der Waals surface area (Å²) in [7, 11) is 1.96. The molecule has 0 aliphatic carbocycles. The number of hydrogen-bond acceptors (Lipinski definition) is 7. The third-order valence-corrected chi connectivity index (χ3v) is 5.91. The number of benzene rings is 1. The van der Waals surface area contributed by atoms with Crippen LogP contribution in [-0.4, -0.2) is 54.3 Å². The molecule has 1 aliphatic heterocycles. The van der Waals surface area contributed by atoms with Gasteiger partial charge in [-0.05, 0) is 52.0 Å². The summed E-state index contributed by atoms with van der Waals surface area (Å²) in [6.07, 6.45) is 1.04. The number of nitroso groups, excluding NO2 is 1. The number of amides is 1. The van der Waals surface area contributed by atoms with Gasteiger partial charge in [-0.25, -0.2) is 4.79 Å². The van der Waals surface area contributed by atoms with Gasteiger partial charge in [-0.15, -0.1) is 17.3 Å². The highest BCUT2D eigenvalue weighted by Crippen LogP contribution is 2.40. The predicted molar refractivity (Wildman–Crippen MR) is 109 cm³/mol. The number of ether oxygens (including phenoxy) is 1. The lowest BCUT2D eigenvalue weighted by Gasteiger charge is -2.42. The van der Waals surface area contributed by atoms with Crippen molar-refractivity contribution in [2.45, 2.75) is 30.6 Å². The van der Waals surface area contributed by atoms with Crippen LogP contribution < -0.4 is 5.32 Å². The average molecular weight is 436 g/mol. The van der Waals surface area contributed by atoms with E-state index in [1.165, 1.54) is 0 Å². The molecule has 0 bridgehead atoms. The maximum atomic E-state index is 12.7. The van der Waals surface area contributed by atoms with E-state index in [4.69, 9.17) is 16.3 Å². The van der Waals surface area contributed by atoms with E-state index in [-0.39, 0.29) is 29.6 Å². The van der Waals surface area contributed by atoms with Gasteiger partial charge < -0.3 is 15.0 Å². The second-order valence-electron chi connectivity index (χ2n) is 6.17. The van der Waals surface area contributed by atoms with Gasteiger partial charge in [0.1, 0.15) is 6.04 Å². The Bertz CT molecular complexity index is 669. The molecule has 1 N–H and O–H groups in total. The molecule has 7 nitrogen and oxygen atoms in total. The fourth-order valence-corrected chi connectivity index (χ4v) is 3.98. The first-order chi connectivity index (χ1) is 12.4. The van der Waals surface area contributed by atoms with Crippen LogP contribution in [0.2, 0.25) is 5.02 Å². The largest absolute Gasteiger partial charge is 0.464 e. The Kier molecular flexibility index (Phi) is 9.52. The Morgan fingerprint density at radius 2 is 2.00 bits per heavy atom. The summed E-state index contributed by atoms with van der Waals surface area (Å²) < 4.78 is 7.30. The van der Waals surface area contributed by atoms with Crippen LogP contribution in [0, 0.1) is 4.91 Å². The minimum atomic E-state index is -0.998. The molecule has 1 amide bonds. The lowest BCUT2D eigenvalue weighted by Crippen LogP contribution is -2.59. The molecule has 0 saturated carbocycles. The zero-order valence-corrected chi connectivity index (χ0v) is 17.5. The second-order valence-corrected chi connectivity index (χ2v) is 7.72. The normalized spacial score (nSPS) is 17.3. The molecule has 1 saturated heterocycles. The van der Waals surface area contributed by atoms with Crippen molar-refractivity contribution in [2.24, 2.45) is 4.58 Å². The third kappa shape index (κ3) is 5.81. The van der Waals surface area contributed by atoms with Gasteiger partial charge in [0.25, 0.3) is 5.91 Å². The number of carbonyl (C=O) groups is 2. The fraction of sp³-hybridized carbons (Fsp3) is 0.529. The van der Waals surface area contributed by atoms with Crippen LogP contribution >= 0.6 is 36.0 Å². The summed E-state index contributed by atoms with van der Waals surface area (Å²) in [4.78, 5) is 38.5. The van der Waals surface area contributed by atoms with Gasteiger partial charge in [0, 0.05) is 16.5 Å². The lowest BCUT2D eigenvalue weighted by molar-refractivity contribution is -0.146. The number of rotatable bonds is 7. The number of carbonyl (C=O) groups excluding carboxylic acids is 2. The van der Waals surface area contributed by atoms with Gasteiger partial charge in [0.15, 0.2) is 0 Å². The first kappa shape index (κ1) is 23.7. The molecule has 0 aromatic heterocycles. The van der Waals surface area contributed by atoms with Crippen molar-refractivity contribution in [3.63, 3.8) is 0 Å². The van der Waals surface area contributed by atoms with Gasteiger partial charge in [0.05, 0.1) is 21.9 Å². The molecule has 1 aromatic rings. The third-order valence-electron chi connectivity index (χ3n) is 4.49. The zero-order chi connectivity index (χ0) is 19.2. The Morgan fingerprint density at radius 1 is 1.37 bits per heavy atom. The first-order valence-corrected chi connectivity index (χ1v) is 9.50. The van der Waals surface area contributed by atoms with Crippen LogP contribution in [0.5, 0.6) is 0 Å². The van der Waals surface area contributed by atoms with Crippen molar-refractivity contribution < 1.29 is 14.3 Å². The molecule has 1 aliphatic rings. The number of esters is 1. The number of hydrogen-bond donors (Lipinski definition) is 1. The number of halogens is 2. The van der Waals surface area contributed by atoms with Crippen molar-refractivity contribution in [3.8, 4) is 0 Å². The maximum absolute atomic E-state index is 12.7. The van der Waals surface area contributed by atoms with Crippen molar-refractivity contribution in [1.82, 2.24) is 10.2 Å². The number of nitrogens with zero attached hydrogens (tertiary/aromatic N) is 2. The highest BCUT2D eigenvalue weighted by atomic mass is 35.5. The average Bonchev–Trinajstić information content (AvgIpc) is 2.62. The van der Waals surface area contributed by atoms with Gasteiger partial charge in [-0.1, -0.05) is 23.7 Å². The smallest absolute Gasteiger partial charge is 0.330 e. The van der Waals surface area contributed by atoms with Crippen LogP contribution in [0.3, 0.4) is 0 Å². The van der Waals surface area contributed by atoms with Crippen molar-refractivity contribution in [2.75, 3.05) is 26.7 Å². The van der Waals surface area contributed by atoms with E-state index in [9.17, 15) is 14.5 Å². The summed E-state index contributed by atoms with van der Waals surface area (Å²) in [5.41, 5.74) is 0.260. The predicted octanol–water partition coefficient (Wildman–Crippen LogP) is 3.30. The van der Waals surface area contributed by atoms with E-state index in [2.05, 4.69) is 14.8 Å². The summed E-state index contributed by atoms with van der Waals surface area (Å²) >= 11 is 6.89. The zero-order valence-electron chi connectivity index (χ0n) is 15.1. The monoisotopic (exact) mass is 435 g/mol. The van der Waals surface area contributed by atoms with Gasteiger partial charge >= 0.3 is 5.97 Å². The molecule has 0 spiro atoms. The highest BCUT2D eigenvalue weighted by molar-refractivity contribution is 7.99. The van der Waals surface area contributed by atoms with E-state index in [1.54, 1.807) is 31.2 Å². The Labute approximate surface area is 174 Å². The minimum absolute atomic E-state index is 0. The Morgan fingerprint density at radius 3 is 2.56 bits per heavy atom. The number of likely N-dealkylation sites (tertiary alicyclic amines) is 1. The van der Waals surface area contributed by atoms with Crippen molar-refractivity contribution in [3.05, 3.63) is 39.8 Å². The van der Waals surface area contributed by atoms with Crippen LogP contribution in [0.1, 0.15) is 30.1 Å². The molecular formula is C17H23Cl2N3O4S. The molecule has 27 heavy (non-hydrogen) atoms. The van der Waals surface area contributed by atoms with Crippen molar-refractivity contribution >= 4 is 47.8 Å². The SMILES string of the molecule is CCOC(=O)C(NC(=O)c1ccccc1Cl)C1(SN=O)CCN(C)CC1.Cl. The minimum Gasteiger partial charge on any atom is -0.464 e. The van der Waals surface area contributed by atoms with Crippen LogP contribution in [0.15, 0.2) is 28.8 Å². The van der Waals surface area contributed by atoms with Crippen LogP contribution in [-0.2, 0) is 9.53 Å². The van der Waals surface area contributed by atoms with Crippen molar-refractivity contribution in [1.29, 1.82) is 0 Å². The summed E-state index contributed by atoms with van der Waals surface area (Å²) in [5.74, 6) is -1.06. The van der Waals surface area contributed by atoms with E-state index in [1.807, 2.05) is 7.05 Å². The molecule has 1 aromatic carbocycles. The molecule has 2 rings (SSSR count). The second kappa shape index (κ2) is 10.8. The topological polar surface area (TPSA) is 88.1 Å². The van der Waals surface area contributed by atoms with Gasteiger partial charge in [0.2, 0.25) is 0 Å². The summed E-state index contributed by atoms with van der Waals surface area (Å²) in [6, 6.07) is 5.58. The molecular weight excluding hydrogens is 413 g/mol. The molecule has 0 radical (unpaired) electrons. The molecule has 1 fully saturated rings. The Balaban J connectivity index is 0.00000364. The maximum Gasteiger partial charge on any atom is 0.330 e. The standard InChI is InChI=1S/C17H22ClN3O4S.ClH/c1-3-25-16(23)14(17(26-20-24)8-10-21(2)11-9-17)19-15(22)12-6-4-5-7-13(12)18;/h4-7,14H,3,8-11H2,1-2H3,(H,19,22);1H. The molecule has 1 atom stereocenters. The lowest BCUT2D eigenvalue weighted by atomic mass is 9.88. The number of nitrogens with one attached hydrogen (secondary N) is 1. The van der Waals surface area contributed by atoms with Gasteiger partial charge in [-0.3, -0.25) is 4.79 Å². The van der Waals surface area contributed by atoms with Crippen LogP contribution in [0.4, 0.5) is 0 Å². The summed E-state index contributed by atoms with van der Waals surface area (Å²) in [5, 5.41) is 3.02. The fourth-order valence-electron chi connectivity index (χ4n) is 2.99. The van der Waals surface area contributed by atoms with Crippen LogP contribution in [0.25, 0.3) is 0 Å². The van der Waals surface area contributed by atoms with E-state index in [0.717, 1.165) is 11.9 Å². The number of piperidine rings is 1. The molecule has 1 unspecified atom stereocenters. The summed E-state index contributed by atoms with van der Waals surface area (Å²) in [6.45, 7) is 3.23. The van der Waals surface area contributed by atoms with E-state index < -0.39 is 22.7 Å². The van der Waals surface area contributed by atoms with Gasteiger partial charge in [-0.2, -0.15) is 0 Å². The quantitative estimate of drug-likeness (QED) is 0.401. The van der Waals surface area contributed by atoms with E-state index >= 15 is 0 Å². The van der Waals surface area contributed by atoms with E-state index in [0.29, 0.717) is 25.9 Å². The highest BCUT2D eigenvalue weighted by Gasteiger charge is 2.48. The molecule has 150 valence electrons. The molecule has 10 heteroatoms. The molecule has 1 heterocycles. The first-order valence-electron chi connectivity index (χ1n) is 8.35. The Hall–Kier alpha value is -1.35.